The Morgan fingerprint density at radius 2 is 0.667 bits per heavy atom. The van der Waals surface area contributed by atoms with Crippen molar-refractivity contribution in [3.63, 3.8) is 0 Å². The molecular formula is C132H93NS2. The molecule has 26 rings (SSSR count). The maximum atomic E-state index is 5.23. The first-order valence-corrected chi connectivity index (χ1v) is 49.1. The summed E-state index contributed by atoms with van der Waals surface area (Å²) in [6.07, 6.45) is 11.4. The van der Waals surface area contributed by atoms with Crippen LogP contribution < -0.4 is 5.32 Å². The molecule has 638 valence electrons. The molecule has 1 N–H and O–H groups in total. The van der Waals surface area contributed by atoms with Gasteiger partial charge in [0.15, 0.2) is 0 Å². The van der Waals surface area contributed by atoms with Gasteiger partial charge in [-0.25, -0.2) is 0 Å². The molecule has 135 heavy (non-hydrogen) atoms. The predicted molar refractivity (Wildman–Crippen MR) is 566 cm³/mol. The second-order valence-corrected chi connectivity index (χ2v) is 39.7. The fraction of sp³-hybridized carbons (Fsp3) is 0.0758. The van der Waals surface area contributed by atoms with E-state index in [9.17, 15) is 0 Å². The molecule has 3 heterocycles. The topological polar surface area (TPSA) is 12.0 Å². The predicted octanol–water partition coefficient (Wildman–Crippen LogP) is 34.6. The van der Waals surface area contributed by atoms with Crippen LogP contribution in [0.4, 0.5) is 5.69 Å². The lowest BCUT2D eigenvalue weighted by Crippen LogP contribution is -2.33. The quantitative estimate of drug-likeness (QED) is 0.130. The third kappa shape index (κ3) is 12.8. The molecular weight excluding hydrogens is 1660 g/mol. The van der Waals surface area contributed by atoms with Crippen molar-refractivity contribution in [1.82, 2.24) is 0 Å². The maximum Gasteiger partial charge on any atom is 0.0774 e. The molecule has 4 unspecified atom stereocenters. The van der Waals surface area contributed by atoms with E-state index in [2.05, 4.69) is 468 Å². The van der Waals surface area contributed by atoms with Gasteiger partial charge in [-0.05, 0) is 263 Å². The van der Waals surface area contributed by atoms with Gasteiger partial charge >= 0.3 is 0 Å². The van der Waals surface area contributed by atoms with Gasteiger partial charge in [0.2, 0.25) is 0 Å². The summed E-state index contributed by atoms with van der Waals surface area (Å²) in [6.45, 7) is 14.9. The zero-order valence-corrected chi connectivity index (χ0v) is 76.8. The minimum absolute atomic E-state index is 0.0314. The van der Waals surface area contributed by atoms with Gasteiger partial charge in [0.1, 0.15) is 0 Å². The number of anilines is 1. The molecule has 0 saturated carbocycles. The summed E-state index contributed by atoms with van der Waals surface area (Å²) in [4.78, 5) is 5.17. The lowest BCUT2D eigenvalue weighted by atomic mass is 9.66. The molecule has 8 aliphatic rings. The van der Waals surface area contributed by atoms with Crippen LogP contribution in [-0.4, -0.2) is 0 Å². The number of benzene rings is 18. The standard InChI is InChI=1S/C132H93NS2/c1-81-71-110(88-37-13-7-14-38-88)83(3)112(79-108(81)91-61-59-87(60-62-91)85-33-9-5-10-34-85)95-44-32-45-96(74-95)128-107-67-69-122-130(135-125-58-30-28-56-120(125)132(122)117-53-25-21-49-104(117)105-50-22-26-54-118(105)132)127(107)114-78-92(64-70-123(114)133-128)98-75-97(86-35-11-6-12-36-86)76-99(77-98)109-80-113(84(4)111(72-82(109)2)89-39-15-8-16-40-89)94-43-31-42-93(73-94)100-65-63-90-41-17-18-46-101(90)126-106(100)66-68-121-129(126)134-124-57-29-27-55-119(124)131(121)115-51-23-19-47-102(115)103-48-20-24-52-116(103)131/h5-70,73-80,100,108-109,128,133H,1-2,71-72H2,3-4H3. The second kappa shape index (κ2) is 32.2. The number of nitrogens with one attached hydrogen (secondary N) is 1. The van der Waals surface area contributed by atoms with Crippen LogP contribution in [-0.2, 0) is 10.8 Å². The Labute approximate surface area is 799 Å². The van der Waals surface area contributed by atoms with Crippen molar-refractivity contribution in [3.8, 4) is 77.9 Å². The Morgan fingerprint density at radius 3 is 1.19 bits per heavy atom. The second-order valence-electron chi connectivity index (χ2n) is 37.6. The minimum Gasteiger partial charge on any atom is -0.374 e. The molecule has 0 bridgehead atoms. The van der Waals surface area contributed by atoms with Crippen molar-refractivity contribution in [2.24, 2.45) is 0 Å². The van der Waals surface area contributed by atoms with Gasteiger partial charge < -0.3 is 5.32 Å². The molecule has 3 heteroatoms. The van der Waals surface area contributed by atoms with E-state index < -0.39 is 10.8 Å². The number of rotatable bonds is 11. The first-order chi connectivity index (χ1) is 66.6. The first kappa shape index (κ1) is 80.5. The Bertz CT molecular complexity index is 8100. The fourth-order valence-corrected chi connectivity index (χ4v) is 27.0. The van der Waals surface area contributed by atoms with Gasteiger partial charge in [-0.15, -0.1) is 0 Å². The SMILES string of the molecule is C=C1CC(c2ccccc2)=C(C)C(c2cccc(C3Nc4ccc(-c5cc(-c6ccccc6)cc(C6C=C(c7cccc(C8C=Cc9ccccc9-c9c8ccc8c9Sc9ccccc9C89c8ccccc8-c8ccccc89)c7)C(C)=C(c7ccccc7)CC6=C)c5)cc4-c4c3ccc3c4Sc4ccccc4C34c3ccccc3-c3ccccc34)c2)=CC1c1ccc(-c2ccccc2)cc1. The smallest absolute Gasteiger partial charge is 0.0774 e. The van der Waals surface area contributed by atoms with Gasteiger partial charge in [-0.2, -0.15) is 0 Å². The van der Waals surface area contributed by atoms with E-state index in [0.717, 1.165) is 39.9 Å². The normalized spacial score (nSPS) is 17.3. The molecule has 0 fully saturated rings. The molecule has 18 aromatic rings. The molecule has 3 aliphatic heterocycles. The van der Waals surface area contributed by atoms with Crippen LogP contribution in [0, 0.1) is 0 Å². The van der Waals surface area contributed by atoms with E-state index in [1.165, 1.54) is 220 Å². The van der Waals surface area contributed by atoms with E-state index in [-0.39, 0.29) is 23.8 Å². The van der Waals surface area contributed by atoms with E-state index in [1.807, 2.05) is 23.5 Å². The Morgan fingerprint density at radius 1 is 0.274 bits per heavy atom. The van der Waals surface area contributed by atoms with Gasteiger partial charge in [-0.3, -0.25) is 0 Å². The molecule has 4 atom stereocenters. The Balaban J connectivity index is 0.632. The molecule has 1 nitrogen and oxygen atoms in total. The van der Waals surface area contributed by atoms with Gasteiger partial charge in [0, 0.05) is 59.7 Å². The molecule has 0 saturated heterocycles. The Kier molecular flexibility index (Phi) is 19.2. The van der Waals surface area contributed by atoms with Gasteiger partial charge in [0.25, 0.3) is 0 Å². The largest absolute Gasteiger partial charge is 0.374 e. The highest BCUT2D eigenvalue weighted by Crippen LogP contribution is 2.68. The van der Waals surface area contributed by atoms with Crippen LogP contribution in [0.2, 0.25) is 0 Å². The minimum atomic E-state index is -0.605. The van der Waals surface area contributed by atoms with E-state index >= 15 is 0 Å². The molecule has 0 aromatic heterocycles. The fourth-order valence-electron chi connectivity index (χ4n) is 24.3. The van der Waals surface area contributed by atoms with E-state index in [0.29, 0.717) is 6.42 Å². The summed E-state index contributed by atoms with van der Waals surface area (Å²) >= 11 is 3.90. The van der Waals surface area contributed by atoms with Crippen molar-refractivity contribution in [1.29, 1.82) is 0 Å². The van der Waals surface area contributed by atoms with Gasteiger partial charge in [-0.1, -0.05) is 460 Å². The highest BCUT2D eigenvalue weighted by atomic mass is 32.2. The number of hydrogen-bond acceptors (Lipinski definition) is 3. The van der Waals surface area contributed by atoms with Crippen LogP contribution in [0.3, 0.4) is 0 Å². The summed E-state index contributed by atoms with van der Waals surface area (Å²) < 4.78 is 0. The molecule has 0 amide bonds. The third-order valence-corrected chi connectivity index (χ3v) is 33.0. The zero-order valence-electron chi connectivity index (χ0n) is 75.2. The summed E-state index contributed by atoms with van der Waals surface area (Å²) in [5, 5.41) is 4.35. The van der Waals surface area contributed by atoms with Crippen LogP contribution in [0.5, 0.6) is 0 Å². The Hall–Kier alpha value is -15.4. The van der Waals surface area contributed by atoms with Gasteiger partial charge in [0.05, 0.1) is 16.9 Å². The van der Waals surface area contributed by atoms with Crippen LogP contribution in [0.1, 0.15) is 156 Å². The highest BCUT2D eigenvalue weighted by Gasteiger charge is 2.54. The highest BCUT2D eigenvalue weighted by molar-refractivity contribution is 8.00. The van der Waals surface area contributed by atoms with Crippen LogP contribution in [0.15, 0.2) is 498 Å². The lowest BCUT2D eigenvalue weighted by molar-refractivity contribution is 0.720. The maximum absolute atomic E-state index is 5.23. The average molecular weight is 1760 g/mol. The lowest BCUT2D eigenvalue weighted by Gasteiger charge is -2.42. The molecule has 0 radical (unpaired) electrons. The number of fused-ring (bicyclic) bond motifs is 26. The van der Waals surface area contributed by atoms with Crippen LogP contribution >= 0.6 is 23.5 Å². The van der Waals surface area contributed by atoms with Crippen molar-refractivity contribution in [2.75, 3.05) is 5.32 Å². The average Bonchev–Trinajstić information content (AvgIpc) is 1.55. The summed E-state index contributed by atoms with van der Waals surface area (Å²) in [5.41, 5.74) is 51.1. The van der Waals surface area contributed by atoms with Crippen molar-refractivity contribution in [2.45, 2.75) is 80.9 Å². The number of hydrogen-bond donors (Lipinski definition) is 1. The van der Waals surface area contributed by atoms with E-state index in [4.69, 9.17) is 13.2 Å². The molecule has 2 spiro atoms. The monoisotopic (exact) mass is 1760 g/mol. The van der Waals surface area contributed by atoms with Crippen molar-refractivity contribution in [3.05, 3.63) is 584 Å². The van der Waals surface area contributed by atoms with Crippen molar-refractivity contribution < 1.29 is 0 Å². The summed E-state index contributed by atoms with van der Waals surface area (Å²) in [6, 6.07) is 161. The van der Waals surface area contributed by atoms with Crippen LogP contribution in [0.25, 0.3) is 106 Å². The first-order valence-electron chi connectivity index (χ1n) is 47.4. The molecule has 5 aliphatic carbocycles. The van der Waals surface area contributed by atoms with E-state index in [1.54, 1.807) is 0 Å². The number of allylic oxidation sites excluding steroid dienone is 11. The summed E-state index contributed by atoms with van der Waals surface area (Å²) in [7, 11) is 0. The summed E-state index contributed by atoms with van der Waals surface area (Å²) in [5.74, 6) is -0.308. The zero-order chi connectivity index (χ0) is 89.7. The van der Waals surface area contributed by atoms with Crippen molar-refractivity contribution >= 4 is 57.6 Å². The third-order valence-electron chi connectivity index (χ3n) is 30.6. The molecule has 18 aromatic carbocycles.